The molecule has 4 aliphatic heterocycles. The van der Waals surface area contributed by atoms with Gasteiger partial charge in [0.15, 0.2) is 0 Å². The number of aromatic nitrogens is 2. The SMILES string of the molecule is C[C@H]1C[C@@H]2CN(c3nc(OCC4CCCN4C)nc4c3CCN(c3cccc5cccc(Cl)c35)C4)C[C@H]1N2. The molecule has 2 aromatic carbocycles. The molecule has 200 valence electrons. The van der Waals surface area contributed by atoms with Crippen molar-refractivity contribution in [3.63, 3.8) is 0 Å². The Morgan fingerprint density at radius 2 is 1.95 bits per heavy atom. The minimum Gasteiger partial charge on any atom is -0.462 e. The fourth-order valence-electron chi connectivity index (χ4n) is 7.08. The molecule has 0 spiro atoms. The molecule has 38 heavy (non-hydrogen) atoms. The number of likely N-dealkylation sites (tertiary alicyclic amines) is 1. The van der Waals surface area contributed by atoms with E-state index in [1.54, 1.807) is 0 Å². The average molecular weight is 533 g/mol. The number of benzene rings is 2. The fraction of sp³-hybridized carbons (Fsp3) is 0.533. The summed E-state index contributed by atoms with van der Waals surface area (Å²) in [6.07, 6.45) is 4.54. The zero-order valence-corrected chi connectivity index (χ0v) is 23.1. The summed E-state index contributed by atoms with van der Waals surface area (Å²) in [6.45, 7) is 7.78. The highest BCUT2D eigenvalue weighted by Crippen LogP contribution is 2.38. The predicted molar refractivity (Wildman–Crippen MR) is 154 cm³/mol. The van der Waals surface area contributed by atoms with Gasteiger partial charge in [0.05, 0.1) is 17.3 Å². The number of rotatable bonds is 5. The Hall–Kier alpha value is -2.61. The van der Waals surface area contributed by atoms with Crippen molar-refractivity contribution in [2.45, 2.75) is 57.3 Å². The van der Waals surface area contributed by atoms with Crippen LogP contribution in [0.25, 0.3) is 10.8 Å². The molecule has 0 saturated carbocycles. The van der Waals surface area contributed by atoms with E-state index >= 15 is 0 Å². The van der Waals surface area contributed by atoms with Gasteiger partial charge in [-0.2, -0.15) is 9.97 Å². The summed E-state index contributed by atoms with van der Waals surface area (Å²) in [7, 11) is 2.19. The summed E-state index contributed by atoms with van der Waals surface area (Å²) in [4.78, 5) is 17.4. The van der Waals surface area contributed by atoms with Crippen molar-refractivity contribution >= 4 is 33.9 Å². The van der Waals surface area contributed by atoms with Gasteiger partial charge in [-0.3, -0.25) is 0 Å². The molecule has 7 nitrogen and oxygen atoms in total. The molecule has 8 heteroatoms. The van der Waals surface area contributed by atoms with Crippen LogP contribution in [0.2, 0.25) is 5.02 Å². The lowest BCUT2D eigenvalue weighted by atomic mass is 10.0. The normalized spacial score (nSPS) is 27.2. The lowest BCUT2D eigenvalue weighted by molar-refractivity contribution is 0.187. The van der Waals surface area contributed by atoms with E-state index in [2.05, 4.69) is 58.3 Å². The van der Waals surface area contributed by atoms with Crippen molar-refractivity contribution in [3.8, 4) is 6.01 Å². The molecule has 1 N–H and O–H groups in total. The molecule has 3 fully saturated rings. The number of hydrogen-bond acceptors (Lipinski definition) is 7. The van der Waals surface area contributed by atoms with Crippen molar-refractivity contribution in [2.24, 2.45) is 5.92 Å². The van der Waals surface area contributed by atoms with Gasteiger partial charge in [0.2, 0.25) is 0 Å². The van der Waals surface area contributed by atoms with Gasteiger partial charge in [0, 0.05) is 54.4 Å². The number of hydrogen-bond donors (Lipinski definition) is 1. The molecule has 0 aliphatic carbocycles. The summed E-state index contributed by atoms with van der Waals surface area (Å²) in [5, 5.41) is 6.88. The summed E-state index contributed by atoms with van der Waals surface area (Å²) < 4.78 is 6.33. The van der Waals surface area contributed by atoms with Crippen molar-refractivity contribution in [1.29, 1.82) is 0 Å². The van der Waals surface area contributed by atoms with E-state index in [1.165, 1.54) is 35.9 Å². The van der Waals surface area contributed by atoms with Crippen LogP contribution in [0.4, 0.5) is 11.5 Å². The lowest BCUT2D eigenvalue weighted by Crippen LogP contribution is -2.52. The van der Waals surface area contributed by atoms with Gasteiger partial charge in [-0.25, -0.2) is 0 Å². The zero-order chi connectivity index (χ0) is 25.8. The second-order valence-electron chi connectivity index (χ2n) is 11.7. The Kier molecular flexibility index (Phi) is 6.33. The third-order valence-electron chi connectivity index (χ3n) is 9.22. The van der Waals surface area contributed by atoms with Crippen LogP contribution < -0.4 is 19.9 Å². The Balaban J connectivity index is 1.23. The van der Waals surface area contributed by atoms with Crippen LogP contribution in [0.1, 0.15) is 37.4 Å². The first-order chi connectivity index (χ1) is 18.5. The van der Waals surface area contributed by atoms with Crippen LogP contribution >= 0.6 is 11.6 Å². The fourth-order valence-corrected chi connectivity index (χ4v) is 7.36. The lowest BCUT2D eigenvalue weighted by Gasteiger charge is -2.38. The van der Waals surface area contributed by atoms with Crippen molar-refractivity contribution < 1.29 is 4.74 Å². The summed E-state index contributed by atoms with van der Waals surface area (Å²) in [5.74, 6) is 1.79. The minimum atomic E-state index is 0.434. The van der Waals surface area contributed by atoms with E-state index in [-0.39, 0.29) is 0 Å². The van der Waals surface area contributed by atoms with E-state index in [0.29, 0.717) is 36.7 Å². The molecule has 7 rings (SSSR count). The topological polar surface area (TPSA) is 56.8 Å². The molecule has 5 heterocycles. The highest BCUT2D eigenvalue weighted by molar-refractivity contribution is 6.36. The Bertz CT molecular complexity index is 1340. The first-order valence-electron chi connectivity index (χ1n) is 14.2. The number of ether oxygens (including phenoxy) is 1. The Labute approximate surface area is 230 Å². The molecule has 3 aromatic rings. The molecule has 0 radical (unpaired) electrons. The van der Waals surface area contributed by atoms with E-state index in [1.807, 2.05) is 12.1 Å². The second kappa shape index (κ2) is 9.85. The highest BCUT2D eigenvalue weighted by Gasteiger charge is 2.39. The molecule has 4 aliphatic rings. The molecule has 1 aromatic heterocycles. The van der Waals surface area contributed by atoms with E-state index in [9.17, 15) is 0 Å². The highest BCUT2D eigenvalue weighted by atomic mass is 35.5. The molecule has 0 amide bonds. The minimum absolute atomic E-state index is 0.434. The van der Waals surface area contributed by atoms with Gasteiger partial charge in [-0.1, -0.05) is 42.8 Å². The number of halogens is 1. The number of fused-ring (bicyclic) bond motifs is 4. The standard InChI is InChI=1S/C30H37ClN6O/c1-19-14-21-15-37(16-25(19)32-21)29-23-11-13-36(27-10-4-7-20-6-3-9-24(31)28(20)27)17-26(23)33-30(34-29)38-18-22-8-5-12-35(22)2/h3-4,6-7,9-10,19,21-22,25,32H,5,8,11-18H2,1-2H3/t19-,21+,22?,25+/m0/s1. The van der Waals surface area contributed by atoms with Gasteiger partial charge >= 0.3 is 6.01 Å². The first-order valence-corrected chi connectivity index (χ1v) is 14.6. The maximum absolute atomic E-state index is 6.70. The first kappa shape index (κ1) is 24.4. The Morgan fingerprint density at radius 3 is 2.76 bits per heavy atom. The van der Waals surface area contributed by atoms with Gasteiger partial charge in [0.25, 0.3) is 0 Å². The van der Waals surface area contributed by atoms with Crippen molar-refractivity contribution in [3.05, 3.63) is 52.7 Å². The van der Waals surface area contributed by atoms with Crippen molar-refractivity contribution in [1.82, 2.24) is 20.2 Å². The molecular formula is C30H37ClN6O. The molecule has 1 unspecified atom stereocenters. The molecule has 2 bridgehead atoms. The number of nitrogens with zero attached hydrogens (tertiary/aromatic N) is 5. The monoisotopic (exact) mass is 532 g/mol. The van der Waals surface area contributed by atoms with Crippen LogP contribution in [0.5, 0.6) is 6.01 Å². The van der Waals surface area contributed by atoms with Gasteiger partial charge in [0.1, 0.15) is 12.4 Å². The summed E-state index contributed by atoms with van der Waals surface area (Å²) >= 11 is 6.70. The predicted octanol–water partition coefficient (Wildman–Crippen LogP) is 4.51. The quantitative estimate of drug-likeness (QED) is 0.519. The van der Waals surface area contributed by atoms with Gasteiger partial charge < -0.3 is 24.8 Å². The third kappa shape index (κ3) is 4.38. The number of piperazine rings is 1. The molecular weight excluding hydrogens is 496 g/mol. The van der Waals surface area contributed by atoms with Crippen LogP contribution in [0.15, 0.2) is 36.4 Å². The number of likely N-dealkylation sites (N-methyl/N-ethyl adjacent to an activating group) is 1. The smallest absolute Gasteiger partial charge is 0.318 e. The second-order valence-corrected chi connectivity index (χ2v) is 12.1. The number of anilines is 2. The maximum atomic E-state index is 6.70. The Morgan fingerprint density at radius 1 is 1.08 bits per heavy atom. The van der Waals surface area contributed by atoms with E-state index < -0.39 is 0 Å². The van der Waals surface area contributed by atoms with Crippen LogP contribution in [-0.2, 0) is 13.0 Å². The van der Waals surface area contributed by atoms with Crippen molar-refractivity contribution in [2.75, 3.05) is 49.6 Å². The molecule has 4 atom stereocenters. The maximum Gasteiger partial charge on any atom is 0.318 e. The average Bonchev–Trinajstić information content (AvgIpc) is 3.46. The van der Waals surface area contributed by atoms with E-state index in [0.717, 1.165) is 61.1 Å². The van der Waals surface area contributed by atoms with Gasteiger partial charge in [-0.15, -0.1) is 0 Å². The summed E-state index contributed by atoms with van der Waals surface area (Å²) in [5.41, 5.74) is 3.54. The van der Waals surface area contributed by atoms with Crippen LogP contribution in [-0.4, -0.2) is 72.8 Å². The third-order valence-corrected chi connectivity index (χ3v) is 9.54. The zero-order valence-electron chi connectivity index (χ0n) is 22.4. The molecule has 3 saturated heterocycles. The van der Waals surface area contributed by atoms with E-state index in [4.69, 9.17) is 26.3 Å². The largest absolute Gasteiger partial charge is 0.462 e. The summed E-state index contributed by atoms with van der Waals surface area (Å²) in [6, 6.07) is 14.6. The van der Waals surface area contributed by atoms with Crippen LogP contribution in [0.3, 0.4) is 0 Å². The van der Waals surface area contributed by atoms with Crippen LogP contribution in [0, 0.1) is 5.92 Å². The van der Waals surface area contributed by atoms with Gasteiger partial charge in [-0.05, 0) is 62.7 Å². The number of nitrogens with one attached hydrogen (secondary N) is 1.